The molecule has 2 amide bonds. The van der Waals surface area contributed by atoms with E-state index in [-0.39, 0.29) is 36.1 Å². The molecule has 1 aliphatic carbocycles. The maximum atomic E-state index is 13.6. The van der Waals surface area contributed by atoms with E-state index in [2.05, 4.69) is 15.4 Å². The number of β-amino-alcohol motifs (C(OH)–C–C–N with tert-alkyl or cyclic N) is 1. The number of aliphatic hydroxyl groups is 1. The van der Waals surface area contributed by atoms with Crippen LogP contribution < -0.4 is 4.74 Å². The van der Waals surface area contributed by atoms with Crippen LogP contribution in [0.3, 0.4) is 0 Å². The first-order valence-electron chi connectivity index (χ1n) is 12.1. The average molecular weight is 484 g/mol. The summed E-state index contributed by atoms with van der Waals surface area (Å²) in [6.45, 7) is 1.79. The molecule has 36 heavy (non-hydrogen) atoms. The molecule has 4 atom stereocenters. The van der Waals surface area contributed by atoms with E-state index in [4.69, 9.17) is 4.74 Å². The van der Waals surface area contributed by atoms with E-state index in [1.807, 2.05) is 41.3 Å². The summed E-state index contributed by atoms with van der Waals surface area (Å²) in [5.41, 5.74) is 1.46. The van der Waals surface area contributed by atoms with E-state index in [0.717, 1.165) is 10.8 Å². The minimum atomic E-state index is -0.977. The lowest BCUT2D eigenvalue weighted by atomic mass is 9.56. The standard InChI is InChI=1S/C27H25N5O4/c1-36-24-10-16-5-3-2-4-15(16)8-18(24)26(34)32-13-21-19-11-31(12-20(19)27(21,35)14-32)25(33)17-6-7-22-23(9-17)29-30-28-22/h2-10,19-21,35H,11-14H2,1H3,(H,28,29,30)/t19-,20+,21?,27?/m0/s1. The predicted octanol–water partition coefficient (Wildman–Crippen LogP) is 2.32. The zero-order chi connectivity index (χ0) is 24.6. The molecule has 182 valence electrons. The van der Waals surface area contributed by atoms with Crippen molar-refractivity contribution in [3.8, 4) is 5.75 Å². The molecule has 7 rings (SSSR count). The van der Waals surface area contributed by atoms with Gasteiger partial charge < -0.3 is 19.6 Å². The Morgan fingerprint density at radius 1 is 0.944 bits per heavy atom. The Labute approximate surface area is 206 Å². The van der Waals surface area contributed by atoms with E-state index in [9.17, 15) is 14.7 Å². The molecule has 3 aliphatic rings. The Balaban J connectivity index is 1.10. The van der Waals surface area contributed by atoms with Gasteiger partial charge in [-0.05, 0) is 47.0 Å². The second kappa shape index (κ2) is 7.51. The van der Waals surface area contributed by atoms with Crippen molar-refractivity contribution in [2.45, 2.75) is 5.60 Å². The monoisotopic (exact) mass is 483 g/mol. The molecule has 0 bridgehead atoms. The number of hydrogen-bond acceptors (Lipinski definition) is 6. The highest BCUT2D eigenvalue weighted by Crippen LogP contribution is 2.57. The van der Waals surface area contributed by atoms with Crippen LogP contribution in [0.25, 0.3) is 21.8 Å². The van der Waals surface area contributed by atoms with Crippen LogP contribution in [-0.4, -0.2) is 81.0 Å². The molecule has 2 N–H and O–H groups in total. The highest BCUT2D eigenvalue weighted by Gasteiger charge is 2.68. The van der Waals surface area contributed by atoms with Gasteiger partial charge in [-0.25, -0.2) is 0 Å². The first-order valence-corrected chi connectivity index (χ1v) is 12.1. The van der Waals surface area contributed by atoms with E-state index in [0.29, 0.717) is 47.5 Å². The molecule has 3 aromatic carbocycles. The number of hydrogen-bond donors (Lipinski definition) is 2. The number of likely N-dealkylation sites (tertiary alicyclic amines) is 2. The molecule has 2 saturated heterocycles. The van der Waals surface area contributed by atoms with Gasteiger partial charge in [0, 0.05) is 37.0 Å². The third kappa shape index (κ3) is 2.92. The zero-order valence-corrected chi connectivity index (χ0v) is 19.7. The van der Waals surface area contributed by atoms with Crippen molar-refractivity contribution in [2.75, 3.05) is 33.3 Å². The fraction of sp³-hybridized carbons (Fsp3) is 0.333. The molecule has 3 heterocycles. The molecule has 4 aromatic rings. The van der Waals surface area contributed by atoms with Crippen LogP contribution in [0.5, 0.6) is 5.75 Å². The third-order valence-electron chi connectivity index (χ3n) is 8.46. The van der Waals surface area contributed by atoms with Crippen molar-refractivity contribution in [3.05, 3.63) is 65.7 Å². The predicted molar refractivity (Wildman–Crippen MR) is 132 cm³/mol. The number of nitrogens with one attached hydrogen (secondary N) is 1. The number of carbonyl (C=O) groups excluding carboxylic acids is 2. The van der Waals surface area contributed by atoms with E-state index in [1.54, 1.807) is 30.2 Å². The van der Waals surface area contributed by atoms with Crippen LogP contribution in [0.2, 0.25) is 0 Å². The fourth-order valence-electron chi connectivity index (χ4n) is 6.63. The number of fused-ring (bicyclic) bond motifs is 6. The lowest BCUT2D eigenvalue weighted by molar-refractivity contribution is -0.145. The van der Waals surface area contributed by atoms with Gasteiger partial charge in [0.15, 0.2) is 0 Å². The van der Waals surface area contributed by atoms with Crippen LogP contribution in [0, 0.1) is 17.8 Å². The minimum Gasteiger partial charge on any atom is -0.496 e. The normalized spacial score (nSPS) is 26.7. The number of rotatable bonds is 3. The first-order chi connectivity index (χ1) is 17.5. The SMILES string of the molecule is COc1cc2ccccc2cc1C(=O)N1CC2[C@H]3CN(C(=O)c4ccc5n[nH]nc5c4)C[C@H]3C2(O)C1. The molecule has 2 aliphatic heterocycles. The van der Waals surface area contributed by atoms with Crippen molar-refractivity contribution in [1.82, 2.24) is 25.2 Å². The van der Waals surface area contributed by atoms with Crippen LogP contribution in [0.4, 0.5) is 0 Å². The van der Waals surface area contributed by atoms with Crippen molar-refractivity contribution < 1.29 is 19.4 Å². The summed E-state index contributed by atoms with van der Waals surface area (Å²) in [4.78, 5) is 30.3. The van der Waals surface area contributed by atoms with E-state index < -0.39 is 5.60 Å². The Bertz CT molecular complexity index is 1550. The maximum absolute atomic E-state index is 13.6. The topological polar surface area (TPSA) is 112 Å². The van der Waals surface area contributed by atoms with Gasteiger partial charge in [0.1, 0.15) is 16.8 Å². The summed E-state index contributed by atoms with van der Waals surface area (Å²) < 4.78 is 5.54. The summed E-state index contributed by atoms with van der Waals surface area (Å²) in [7, 11) is 1.57. The van der Waals surface area contributed by atoms with Gasteiger partial charge in [-0.3, -0.25) is 9.59 Å². The van der Waals surface area contributed by atoms with Crippen LogP contribution >= 0.6 is 0 Å². The number of benzene rings is 3. The molecule has 0 spiro atoms. The Hall–Kier alpha value is -3.98. The number of amides is 2. The van der Waals surface area contributed by atoms with Gasteiger partial charge in [0.05, 0.1) is 24.8 Å². The number of carbonyl (C=O) groups is 2. The number of ether oxygens (including phenoxy) is 1. The molecular weight excluding hydrogens is 458 g/mol. The largest absolute Gasteiger partial charge is 0.496 e. The molecule has 0 radical (unpaired) electrons. The lowest BCUT2D eigenvalue weighted by Gasteiger charge is -2.50. The van der Waals surface area contributed by atoms with Crippen LogP contribution in [-0.2, 0) is 0 Å². The molecular formula is C27H25N5O4. The molecule has 9 nitrogen and oxygen atoms in total. The summed E-state index contributed by atoms with van der Waals surface area (Å²) in [6.07, 6.45) is 0. The van der Waals surface area contributed by atoms with Gasteiger partial charge in [0.25, 0.3) is 11.8 Å². The molecule has 2 unspecified atom stereocenters. The van der Waals surface area contributed by atoms with Crippen molar-refractivity contribution in [1.29, 1.82) is 0 Å². The number of H-pyrrole nitrogens is 1. The van der Waals surface area contributed by atoms with E-state index >= 15 is 0 Å². The number of methoxy groups -OCH3 is 1. The summed E-state index contributed by atoms with van der Waals surface area (Å²) >= 11 is 0. The molecule has 1 saturated carbocycles. The van der Waals surface area contributed by atoms with Gasteiger partial charge in [-0.2, -0.15) is 15.4 Å². The Kier molecular flexibility index (Phi) is 4.45. The Morgan fingerprint density at radius 3 is 2.44 bits per heavy atom. The lowest BCUT2D eigenvalue weighted by Crippen LogP contribution is -2.61. The maximum Gasteiger partial charge on any atom is 0.257 e. The molecule has 9 heteroatoms. The number of aromatic nitrogens is 3. The van der Waals surface area contributed by atoms with Crippen LogP contribution in [0.15, 0.2) is 54.6 Å². The second-order valence-corrected chi connectivity index (χ2v) is 10.2. The number of aromatic amines is 1. The Morgan fingerprint density at radius 2 is 1.67 bits per heavy atom. The van der Waals surface area contributed by atoms with Crippen molar-refractivity contribution in [3.63, 3.8) is 0 Å². The van der Waals surface area contributed by atoms with Gasteiger partial charge in [-0.1, -0.05) is 24.3 Å². The fourth-order valence-corrected chi connectivity index (χ4v) is 6.63. The summed E-state index contributed by atoms with van der Waals surface area (Å²) in [6, 6.07) is 16.9. The average Bonchev–Trinajstić information content (AvgIpc) is 3.61. The van der Waals surface area contributed by atoms with Gasteiger partial charge >= 0.3 is 0 Å². The first kappa shape index (κ1) is 21.3. The highest BCUT2D eigenvalue weighted by atomic mass is 16.5. The minimum absolute atomic E-state index is 0.0430. The van der Waals surface area contributed by atoms with Crippen molar-refractivity contribution in [2.24, 2.45) is 17.8 Å². The molecule has 1 aromatic heterocycles. The van der Waals surface area contributed by atoms with Crippen LogP contribution in [0.1, 0.15) is 20.7 Å². The molecule has 3 fully saturated rings. The summed E-state index contributed by atoms with van der Waals surface area (Å²) in [5.74, 6) is 0.418. The second-order valence-electron chi connectivity index (χ2n) is 10.2. The smallest absolute Gasteiger partial charge is 0.257 e. The zero-order valence-electron chi connectivity index (χ0n) is 19.7. The van der Waals surface area contributed by atoms with Crippen molar-refractivity contribution >= 4 is 33.6 Å². The van der Waals surface area contributed by atoms with Gasteiger partial charge in [-0.15, -0.1) is 0 Å². The van der Waals surface area contributed by atoms with E-state index in [1.165, 1.54) is 0 Å². The summed E-state index contributed by atoms with van der Waals surface area (Å²) in [5, 5.41) is 24.2. The quantitative estimate of drug-likeness (QED) is 0.463. The highest BCUT2D eigenvalue weighted by molar-refractivity contribution is 6.02. The number of nitrogens with zero attached hydrogens (tertiary/aromatic N) is 4. The third-order valence-corrected chi connectivity index (χ3v) is 8.46. The van der Waals surface area contributed by atoms with Gasteiger partial charge in [0.2, 0.25) is 0 Å².